The average Bonchev–Trinajstić information content (AvgIpc) is 2.52. The van der Waals surface area contributed by atoms with Gasteiger partial charge in [-0.2, -0.15) is 5.10 Å². The number of aromatic carboxylic acids is 1. The van der Waals surface area contributed by atoms with Crippen LogP contribution in [0.15, 0.2) is 28.3 Å². The molecule has 0 saturated carbocycles. The Balaban J connectivity index is 1.90. The van der Waals surface area contributed by atoms with Crippen LogP contribution in [0.2, 0.25) is 0 Å². The standard InChI is InChI=1S/C15H14FN3O3/c16-11-4-3-8(6-10(11)15(21)22)7-12-13-9(2-1-5-17-13)14(20)19-18-12/h3-4,6,9H,1-2,5,7H2,(H,19,20)(H,21,22). The lowest BCUT2D eigenvalue weighted by Crippen LogP contribution is -2.44. The van der Waals surface area contributed by atoms with Crippen molar-refractivity contribution in [1.82, 2.24) is 5.43 Å². The number of nitrogens with zero attached hydrogens (tertiary/aromatic N) is 2. The molecule has 22 heavy (non-hydrogen) atoms. The van der Waals surface area contributed by atoms with Crippen LogP contribution in [0.3, 0.4) is 0 Å². The Kier molecular flexibility index (Phi) is 3.70. The molecule has 7 heteroatoms. The van der Waals surface area contributed by atoms with Crippen LogP contribution in [0.1, 0.15) is 28.8 Å². The molecular formula is C15H14FN3O3. The Morgan fingerprint density at radius 2 is 2.27 bits per heavy atom. The molecule has 0 aromatic heterocycles. The van der Waals surface area contributed by atoms with Crippen molar-refractivity contribution in [2.75, 3.05) is 6.54 Å². The fourth-order valence-electron chi connectivity index (χ4n) is 2.72. The highest BCUT2D eigenvalue weighted by Crippen LogP contribution is 2.21. The Bertz CT molecular complexity index is 712. The van der Waals surface area contributed by atoms with Crippen LogP contribution in [0.25, 0.3) is 0 Å². The molecular weight excluding hydrogens is 289 g/mol. The molecule has 114 valence electrons. The monoisotopic (exact) mass is 303 g/mol. The second-order valence-electron chi connectivity index (χ2n) is 5.29. The van der Waals surface area contributed by atoms with Gasteiger partial charge in [-0.1, -0.05) is 6.07 Å². The van der Waals surface area contributed by atoms with Gasteiger partial charge in [0, 0.05) is 13.0 Å². The van der Waals surface area contributed by atoms with E-state index in [2.05, 4.69) is 15.5 Å². The van der Waals surface area contributed by atoms with Gasteiger partial charge in [-0.25, -0.2) is 14.6 Å². The van der Waals surface area contributed by atoms with E-state index in [0.29, 0.717) is 30.0 Å². The molecule has 0 saturated heterocycles. The fraction of sp³-hybridized carbons (Fsp3) is 0.333. The molecule has 1 unspecified atom stereocenters. The quantitative estimate of drug-likeness (QED) is 0.884. The number of benzene rings is 1. The van der Waals surface area contributed by atoms with Crippen LogP contribution in [0.5, 0.6) is 0 Å². The first-order chi connectivity index (χ1) is 10.6. The number of hydrogen-bond donors (Lipinski definition) is 2. The van der Waals surface area contributed by atoms with Gasteiger partial charge in [0.2, 0.25) is 5.91 Å². The summed E-state index contributed by atoms with van der Waals surface area (Å²) in [6.07, 6.45) is 1.89. The lowest BCUT2D eigenvalue weighted by atomic mass is 9.87. The molecule has 1 aromatic carbocycles. The molecule has 0 spiro atoms. The van der Waals surface area contributed by atoms with Gasteiger partial charge in [-0.3, -0.25) is 9.79 Å². The van der Waals surface area contributed by atoms with E-state index in [1.165, 1.54) is 12.1 Å². The van der Waals surface area contributed by atoms with E-state index in [0.717, 1.165) is 18.9 Å². The number of carbonyl (C=O) groups is 2. The number of nitrogens with one attached hydrogen (secondary N) is 1. The van der Waals surface area contributed by atoms with E-state index in [-0.39, 0.29) is 17.4 Å². The third-order valence-corrected chi connectivity index (χ3v) is 3.81. The zero-order chi connectivity index (χ0) is 15.7. The van der Waals surface area contributed by atoms with E-state index in [4.69, 9.17) is 5.11 Å². The number of hydrazone groups is 1. The maximum absolute atomic E-state index is 13.4. The normalized spacial score (nSPS) is 20.6. The molecule has 2 N–H and O–H groups in total. The number of aliphatic imine (C=N–C) groups is 1. The zero-order valence-electron chi connectivity index (χ0n) is 11.7. The van der Waals surface area contributed by atoms with Gasteiger partial charge >= 0.3 is 5.97 Å². The van der Waals surface area contributed by atoms with E-state index in [1.807, 2.05) is 0 Å². The number of carbonyl (C=O) groups excluding carboxylic acids is 1. The van der Waals surface area contributed by atoms with Crippen molar-refractivity contribution in [1.29, 1.82) is 0 Å². The van der Waals surface area contributed by atoms with Crippen molar-refractivity contribution in [2.24, 2.45) is 16.0 Å². The predicted molar refractivity (Wildman–Crippen MR) is 77.7 cm³/mol. The highest BCUT2D eigenvalue weighted by Gasteiger charge is 2.33. The smallest absolute Gasteiger partial charge is 0.338 e. The van der Waals surface area contributed by atoms with Gasteiger partial charge in [0.1, 0.15) is 5.82 Å². The molecule has 1 amide bonds. The lowest BCUT2D eigenvalue weighted by molar-refractivity contribution is -0.123. The summed E-state index contributed by atoms with van der Waals surface area (Å²) in [5.74, 6) is -2.54. The second-order valence-corrected chi connectivity index (χ2v) is 5.29. The molecule has 0 radical (unpaired) electrons. The number of rotatable bonds is 3. The highest BCUT2D eigenvalue weighted by molar-refractivity contribution is 6.47. The van der Waals surface area contributed by atoms with Crippen molar-refractivity contribution in [3.05, 3.63) is 35.1 Å². The summed E-state index contributed by atoms with van der Waals surface area (Å²) in [7, 11) is 0. The molecule has 2 aliphatic heterocycles. The Labute approximate surface area is 125 Å². The summed E-state index contributed by atoms with van der Waals surface area (Å²) in [4.78, 5) is 27.2. The Morgan fingerprint density at radius 1 is 1.45 bits per heavy atom. The van der Waals surface area contributed by atoms with Crippen molar-refractivity contribution >= 4 is 23.3 Å². The first kappa shape index (κ1) is 14.4. The average molecular weight is 303 g/mol. The number of halogens is 1. The van der Waals surface area contributed by atoms with Crippen LogP contribution < -0.4 is 5.43 Å². The number of amides is 1. The topological polar surface area (TPSA) is 91.1 Å². The summed E-state index contributed by atoms with van der Waals surface area (Å²) in [5, 5.41) is 13.0. The number of hydrogen-bond acceptors (Lipinski definition) is 4. The van der Waals surface area contributed by atoms with Gasteiger partial charge in [0.25, 0.3) is 0 Å². The van der Waals surface area contributed by atoms with Crippen molar-refractivity contribution in [3.63, 3.8) is 0 Å². The summed E-state index contributed by atoms with van der Waals surface area (Å²) in [6.45, 7) is 0.655. The van der Waals surface area contributed by atoms with Crippen LogP contribution in [-0.2, 0) is 11.2 Å². The molecule has 1 atom stereocenters. The minimum atomic E-state index is -1.31. The van der Waals surface area contributed by atoms with Crippen LogP contribution in [0.4, 0.5) is 4.39 Å². The van der Waals surface area contributed by atoms with Gasteiger partial charge < -0.3 is 5.11 Å². The van der Waals surface area contributed by atoms with Gasteiger partial charge in [-0.15, -0.1) is 0 Å². The molecule has 0 fully saturated rings. The number of carboxylic acid groups (broad SMARTS) is 1. The highest BCUT2D eigenvalue weighted by atomic mass is 19.1. The van der Waals surface area contributed by atoms with E-state index >= 15 is 0 Å². The van der Waals surface area contributed by atoms with Crippen LogP contribution >= 0.6 is 0 Å². The predicted octanol–water partition coefficient (Wildman–Crippen LogP) is 1.40. The third-order valence-electron chi connectivity index (χ3n) is 3.81. The van der Waals surface area contributed by atoms with E-state index in [9.17, 15) is 14.0 Å². The first-order valence-corrected chi connectivity index (χ1v) is 6.99. The minimum Gasteiger partial charge on any atom is -0.478 e. The molecule has 6 nitrogen and oxygen atoms in total. The lowest BCUT2D eigenvalue weighted by Gasteiger charge is -2.26. The summed E-state index contributed by atoms with van der Waals surface area (Å²) >= 11 is 0. The molecule has 3 rings (SSSR count). The minimum absolute atomic E-state index is 0.160. The van der Waals surface area contributed by atoms with Gasteiger partial charge in [0.05, 0.1) is 22.9 Å². The largest absolute Gasteiger partial charge is 0.478 e. The molecule has 2 heterocycles. The number of carboxylic acids is 1. The summed E-state index contributed by atoms with van der Waals surface area (Å²) < 4.78 is 13.4. The Morgan fingerprint density at radius 3 is 3.05 bits per heavy atom. The number of fused-ring (bicyclic) bond motifs is 1. The SMILES string of the molecule is O=C(O)c1cc(CC2=NNC(=O)C3CCCN=C23)ccc1F. The summed E-state index contributed by atoms with van der Waals surface area (Å²) in [5.41, 5.74) is 3.98. The molecule has 2 aliphatic rings. The Hall–Kier alpha value is -2.57. The molecule has 0 aliphatic carbocycles. The van der Waals surface area contributed by atoms with Gasteiger partial charge in [0.15, 0.2) is 0 Å². The molecule has 1 aromatic rings. The van der Waals surface area contributed by atoms with E-state index in [1.54, 1.807) is 0 Å². The maximum atomic E-state index is 13.4. The van der Waals surface area contributed by atoms with Crippen molar-refractivity contribution in [3.8, 4) is 0 Å². The fourth-order valence-corrected chi connectivity index (χ4v) is 2.72. The zero-order valence-corrected chi connectivity index (χ0v) is 11.7. The first-order valence-electron chi connectivity index (χ1n) is 6.99. The molecule has 0 bridgehead atoms. The van der Waals surface area contributed by atoms with Crippen LogP contribution in [-0.4, -0.2) is 35.0 Å². The van der Waals surface area contributed by atoms with Gasteiger partial charge in [-0.05, 0) is 30.5 Å². The maximum Gasteiger partial charge on any atom is 0.338 e. The van der Waals surface area contributed by atoms with Crippen LogP contribution in [0, 0.1) is 11.7 Å². The third kappa shape index (κ3) is 2.61. The van der Waals surface area contributed by atoms with Crippen molar-refractivity contribution < 1.29 is 19.1 Å². The van der Waals surface area contributed by atoms with E-state index < -0.39 is 11.8 Å². The summed E-state index contributed by atoms with van der Waals surface area (Å²) in [6, 6.07) is 3.93. The van der Waals surface area contributed by atoms with Crippen molar-refractivity contribution in [2.45, 2.75) is 19.3 Å². The second kappa shape index (κ2) is 5.67.